The Morgan fingerprint density at radius 2 is 2.00 bits per heavy atom. The molecular weight excluding hydrogens is 382 g/mol. The lowest BCUT2D eigenvalue weighted by molar-refractivity contribution is -0.112. The van der Waals surface area contributed by atoms with Crippen LogP contribution < -0.4 is 14.8 Å². The molecule has 2 aromatic carbocycles. The summed E-state index contributed by atoms with van der Waals surface area (Å²) < 4.78 is 16.2. The van der Waals surface area contributed by atoms with Crippen molar-refractivity contribution in [1.82, 2.24) is 5.16 Å². The Morgan fingerprint density at radius 3 is 2.67 bits per heavy atom. The minimum absolute atomic E-state index is 0.0775. The van der Waals surface area contributed by atoms with E-state index in [0.717, 1.165) is 11.1 Å². The normalized spacial score (nSPS) is 10.9. The Morgan fingerprint density at radius 1 is 1.20 bits per heavy atom. The van der Waals surface area contributed by atoms with Crippen molar-refractivity contribution in [1.29, 1.82) is 5.26 Å². The molecule has 7 heteroatoms. The van der Waals surface area contributed by atoms with Crippen molar-refractivity contribution in [2.75, 3.05) is 12.4 Å². The Bertz CT molecular complexity index is 1130. The van der Waals surface area contributed by atoms with Gasteiger partial charge in [0.2, 0.25) is 0 Å². The highest BCUT2D eigenvalue weighted by Crippen LogP contribution is 2.30. The molecule has 30 heavy (non-hydrogen) atoms. The quantitative estimate of drug-likeness (QED) is 0.463. The molecule has 3 aromatic rings. The topological polar surface area (TPSA) is 97.4 Å². The number of carbonyl (C=O) groups is 1. The number of rotatable bonds is 7. The van der Waals surface area contributed by atoms with Crippen LogP contribution in [0.5, 0.6) is 11.5 Å². The van der Waals surface area contributed by atoms with Gasteiger partial charge in [0.15, 0.2) is 17.3 Å². The summed E-state index contributed by atoms with van der Waals surface area (Å²) in [6, 6.07) is 16.6. The number of hydrogen-bond donors (Lipinski definition) is 1. The predicted molar refractivity (Wildman–Crippen MR) is 112 cm³/mol. The average Bonchev–Trinajstić information content (AvgIpc) is 3.16. The first-order valence-corrected chi connectivity index (χ1v) is 9.22. The number of benzene rings is 2. The third kappa shape index (κ3) is 5.06. The van der Waals surface area contributed by atoms with Crippen molar-refractivity contribution in [3.05, 3.63) is 76.6 Å². The summed E-state index contributed by atoms with van der Waals surface area (Å²) in [5.74, 6) is 1.29. The summed E-state index contributed by atoms with van der Waals surface area (Å²) >= 11 is 0. The standard InChI is InChI=1S/C23H21N3O4/c1-15-6-4-5-7-18(15)14-29-20-9-8-17(12-21(20)28-3)11-19(13-24)23(27)25-22-10-16(2)30-26-22/h4-12H,14H2,1-3H3,(H,25,26,27). The van der Waals surface area contributed by atoms with Crippen molar-refractivity contribution in [2.24, 2.45) is 0 Å². The molecule has 0 unspecified atom stereocenters. The van der Waals surface area contributed by atoms with Crippen LogP contribution in [0.4, 0.5) is 5.82 Å². The fourth-order valence-electron chi connectivity index (χ4n) is 2.74. The molecule has 0 saturated carbocycles. The lowest BCUT2D eigenvalue weighted by atomic mass is 10.1. The molecule has 0 fully saturated rings. The number of aromatic nitrogens is 1. The molecule has 1 N–H and O–H groups in total. The van der Waals surface area contributed by atoms with Gasteiger partial charge in [-0.1, -0.05) is 35.5 Å². The van der Waals surface area contributed by atoms with E-state index < -0.39 is 5.91 Å². The van der Waals surface area contributed by atoms with E-state index in [1.165, 1.54) is 13.2 Å². The van der Waals surface area contributed by atoms with E-state index in [1.54, 1.807) is 31.2 Å². The number of carbonyl (C=O) groups excluding carboxylic acids is 1. The maximum Gasteiger partial charge on any atom is 0.267 e. The number of nitriles is 1. The molecule has 152 valence electrons. The van der Waals surface area contributed by atoms with Gasteiger partial charge < -0.3 is 19.3 Å². The number of ether oxygens (including phenoxy) is 2. The van der Waals surface area contributed by atoms with Crippen LogP contribution in [0.15, 0.2) is 58.6 Å². The Kier molecular flexibility index (Phi) is 6.50. The molecule has 7 nitrogen and oxygen atoms in total. The lowest BCUT2D eigenvalue weighted by Crippen LogP contribution is -2.13. The molecule has 0 bridgehead atoms. The van der Waals surface area contributed by atoms with E-state index in [4.69, 9.17) is 14.0 Å². The monoisotopic (exact) mass is 403 g/mol. The van der Waals surface area contributed by atoms with E-state index in [2.05, 4.69) is 10.5 Å². The summed E-state index contributed by atoms with van der Waals surface area (Å²) in [5.41, 5.74) is 2.77. The smallest absolute Gasteiger partial charge is 0.267 e. The van der Waals surface area contributed by atoms with Crippen molar-refractivity contribution < 1.29 is 18.8 Å². The van der Waals surface area contributed by atoms with Gasteiger partial charge >= 0.3 is 0 Å². The highest BCUT2D eigenvalue weighted by atomic mass is 16.5. The van der Waals surface area contributed by atoms with Crippen LogP contribution >= 0.6 is 0 Å². The molecule has 0 aliphatic rings. The molecule has 0 spiro atoms. The highest BCUT2D eigenvalue weighted by Gasteiger charge is 2.13. The van der Waals surface area contributed by atoms with Gasteiger partial charge in [-0.25, -0.2) is 0 Å². The summed E-state index contributed by atoms with van der Waals surface area (Å²) in [6.07, 6.45) is 1.47. The fraction of sp³-hybridized carbons (Fsp3) is 0.174. The first-order valence-electron chi connectivity index (χ1n) is 9.22. The lowest BCUT2D eigenvalue weighted by Gasteiger charge is -2.12. The maximum atomic E-state index is 12.3. The van der Waals surface area contributed by atoms with E-state index in [9.17, 15) is 10.1 Å². The van der Waals surface area contributed by atoms with Gasteiger partial charge in [0, 0.05) is 6.07 Å². The molecular formula is C23H21N3O4. The fourth-order valence-corrected chi connectivity index (χ4v) is 2.74. The Labute approximate surface area is 174 Å². The van der Waals surface area contributed by atoms with E-state index in [1.807, 2.05) is 37.3 Å². The molecule has 1 heterocycles. The number of anilines is 1. The van der Waals surface area contributed by atoms with Crippen LogP contribution in [-0.4, -0.2) is 18.2 Å². The summed E-state index contributed by atoms with van der Waals surface area (Å²) in [5, 5.41) is 15.6. The van der Waals surface area contributed by atoms with Gasteiger partial charge in [-0.3, -0.25) is 4.79 Å². The minimum atomic E-state index is -0.579. The van der Waals surface area contributed by atoms with Crippen LogP contribution in [0.2, 0.25) is 0 Å². The summed E-state index contributed by atoms with van der Waals surface area (Å²) in [7, 11) is 1.54. The largest absolute Gasteiger partial charge is 0.493 e. The molecule has 0 saturated heterocycles. The van der Waals surface area contributed by atoms with E-state index in [0.29, 0.717) is 29.4 Å². The zero-order chi connectivity index (χ0) is 21.5. The number of aryl methyl sites for hydroxylation is 2. The molecule has 3 rings (SSSR count). The van der Waals surface area contributed by atoms with E-state index >= 15 is 0 Å². The molecule has 0 radical (unpaired) electrons. The van der Waals surface area contributed by atoms with Crippen molar-refractivity contribution in [3.63, 3.8) is 0 Å². The van der Waals surface area contributed by atoms with Crippen molar-refractivity contribution >= 4 is 17.8 Å². The van der Waals surface area contributed by atoms with Gasteiger partial charge in [-0.15, -0.1) is 0 Å². The molecule has 0 aliphatic carbocycles. The third-order valence-corrected chi connectivity index (χ3v) is 4.38. The van der Waals surface area contributed by atoms with Crippen LogP contribution in [0.3, 0.4) is 0 Å². The Hall–Kier alpha value is -4.05. The summed E-state index contributed by atoms with van der Waals surface area (Å²) in [4.78, 5) is 12.3. The average molecular weight is 403 g/mol. The second-order valence-corrected chi connectivity index (χ2v) is 6.57. The first kappa shape index (κ1) is 20.7. The zero-order valence-corrected chi connectivity index (χ0v) is 16.9. The van der Waals surface area contributed by atoms with Gasteiger partial charge in [0.05, 0.1) is 7.11 Å². The second kappa shape index (κ2) is 9.43. The predicted octanol–water partition coefficient (Wildman–Crippen LogP) is 4.42. The third-order valence-electron chi connectivity index (χ3n) is 4.38. The van der Waals surface area contributed by atoms with Gasteiger partial charge in [0.1, 0.15) is 24.0 Å². The van der Waals surface area contributed by atoms with Gasteiger partial charge in [0.25, 0.3) is 5.91 Å². The first-order chi connectivity index (χ1) is 14.5. The zero-order valence-electron chi connectivity index (χ0n) is 16.9. The van der Waals surface area contributed by atoms with Gasteiger partial charge in [-0.2, -0.15) is 5.26 Å². The molecule has 1 amide bonds. The SMILES string of the molecule is COc1cc(C=C(C#N)C(=O)Nc2cc(C)on2)ccc1OCc1ccccc1C. The molecule has 0 aliphatic heterocycles. The minimum Gasteiger partial charge on any atom is -0.493 e. The highest BCUT2D eigenvalue weighted by molar-refractivity contribution is 6.09. The number of amides is 1. The number of nitrogens with one attached hydrogen (secondary N) is 1. The summed E-state index contributed by atoms with van der Waals surface area (Å²) in [6.45, 7) is 4.14. The number of methoxy groups -OCH3 is 1. The van der Waals surface area contributed by atoms with Crippen molar-refractivity contribution in [3.8, 4) is 17.6 Å². The number of hydrogen-bond acceptors (Lipinski definition) is 6. The maximum absolute atomic E-state index is 12.3. The molecule has 0 atom stereocenters. The van der Waals surface area contributed by atoms with Gasteiger partial charge in [-0.05, 0) is 48.7 Å². The van der Waals surface area contributed by atoms with Crippen molar-refractivity contribution in [2.45, 2.75) is 20.5 Å². The van der Waals surface area contributed by atoms with Crippen LogP contribution in [0.1, 0.15) is 22.5 Å². The van der Waals surface area contributed by atoms with Crippen LogP contribution in [0.25, 0.3) is 6.08 Å². The molecule has 1 aromatic heterocycles. The van der Waals surface area contributed by atoms with Crippen LogP contribution in [0, 0.1) is 25.2 Å². The second-order valence-electron chi connectivity index (χ2n) is 6.57. The Balaban J connectivity index is 1.76. The number of nitrogens with zero attached hydrogens (tertiary/aromatic N) is 2. The van der Waals surface area contributed by atoms with Crippen LogP contribution in [-0.2, 0) is 11.4 Å². The van der Waals surface area contributed by atoms with E-state index in [-0.39, 0.29) is 11.4 Å².